The van der Waals surface area contributed by atoms with Crippen molar-refractivity contribution in [3.05, 3.63) is 17.3 Å². The summed E-state index contributed by atoms with van der Waals surface area (Å²) in [5.74, 6) is 0.948. The van der Waals surface area contributed by atoms with E-state index in [9.17, 15) is 4.79 Å². The van der Waals surface area contributed by atoms with E-state index in [1.54, 1.807) is 4.68 Å². The number of ether oxygens (including phenoxy) is 1. The van der Waals surface area contributed by atoms with Crippen LogP contribution >= 0.6 is 0 Å². The van der Waals surface area contributed by atoms with Crippen molar-refractivity contribution >= 4 is 16.9 Å². The van der Waals surface area contributed by atoms with E-state index in [1.807, 2.05) is 31.9 Å². The predicted molar refractivity (Wildman–Crippen MR) is 96.7 cm³/mol. The maximum atomic E-state index is 12.5. The molecule has 0 unspecified atom stereocenters. The molecule has 0 saturated carbocycles. The molecule has 3 rings (SSSR count). The van der Waals surface area contributed by atoms with Gasteiger partial charge in [0.1, 0.15) is 0 Å². The van der Waals surface area contributed by atoms with Crippen LogP contribution < -0.4 is 4.74 Å². The van der Waals surface area contributed by atoms with Crippen LogP contribution in [-0.2, 0) is 11.8 Å². The van der Waals surface area contributed by atoms with E-state index < -0.39 is 0 Å². The Hall–Kier alpha value is -2.15. The Morgan fingerprint density at radius 1 is 1.36 bits per heavy atom. The number of carbonyl (C=O) groups excluding carboxylic acids is 1. The van der Waals surface area contributed by atoms with Crippen LogP contribution in [0.5, 0.6) is 5.88 Å². The Kier molecular flexibility index (Phi) is 4.69. The first-order valence-electron chi connectivity index (χ1n) is 8.66. The Bertz CT molecular complexity index is 798. The molecule has 2 atom stereocenters. The van der Waals surface area contributed by atoms with Crippen molar-refractivity contribution < 1.29 is 9.53 Å². The van der Waals surface area contributed by atoms with Gasteiger partial charge in [0.05, 0.1) is 5.39 Å². The van der Waals surface area contributed by atoms with Crippen LogP contribution in [0.4, 0.5) is 0 Å². The molecule has 7 heteroatoms. The molecule has 136 valence electrons. The molecule has 0 radical (unpaired) electrons. The second kappa shape index (κ2) is 6.63. The fourth-order valence-electron chi connectivity index (χ4n) is 3.70. The number of amides is 1. The highest BCUT2D eigenvalue weighted by Crippen LogP contribution is 2.27. The highest BCUT2D eigenvalue weighted by atomic mass is 16.5. The maximum Gasteiger partial charge on any atom is 0.260 e. The number of carbonyl (C=O) groups is 1. The van der Waals surface area contributed by atoms with E-state index in [1.165, 1.54) is 0 Å². The molecule has 1 amide bonds. The first kappa shape index (κ1) is 17.7. The number of likely N-dealkylation sites (tertiary alicyclic amines) is 1. The van der Waals surface area contributed by atoms with Gasteiger partial charge < -0.3 is 14.5 Å². The van der Waals surface area contributed by atoms with Gasteiger partial charge in [0.2, 0.25) is 5.88 Å². The molecular weight excluding hydrogens is 318 g/mol. The van der Waals surface area contributed by atoms with Crippen molar-refractivity contribution in [2.45, 2.75) is 26.8 Å². The summed E-state index contributed by atoms with van der Waals surface area (Å²) in [4.78, 5) is 21.1. The lowest BCUT2D eigenvalue weighted by atomic mass is 10.1. The van der Waals surface area contributed by atoms with Gasteiger partial charge in [-0.2, -0.15) is 0 Å². The standard InChI is InChI=1S/C18H27N5O2/c1-11-7-13(3)19-17-16(11)18(20-22(17)6)25-10-15(24)23-8-12(2)14(9-23)21(4)5/h7,12,14H,8-10H2,1-6H3/t12-,14-/m1/s1. The lowest BCUT2D eigenvalue weighted by Crippen LogP contribution is -2.37. The number of rotatable bonds is 4. The van der Waals surface area contributed by atoms with Gasteiger partial charge >= 0.3 is 0 Å². The quantitative estimate of drug-likeness (QED) is 0.837. The number of aryl methyl sites for hydroxylation is 3. The third-order valence-corrected chi connectivity index (χ3v) is 5.01. The van der Waals surface area contributed by atoms with Crippen LogP contribution in [0.3, 0.4) is 0 Å². The van der Waals surface area contributed by atoms with Crippen LogP contribution in [0.15, 0.2) is 6.07 Å². The minimum Gasteiger partial charge on any atom is -0.466 e. The first-order chi connectivity index (χ1) is 11.8. The Labute approximate surface area is 148 Å². The van der Waals surface area contributed by atoms with Crippen molar-refractivity contribution in [1.29, 1.82) is 0 Å². The van der Waals surface area contributed by atoms with Crippen LogP contribution in [0, 0.1) is 19.8 Å². The van der Waals surface area contributed by atoms with Crippen LogP contribution in [0.25, 0.3) is 11.0 Å². The van der Waals surface area contributed by atoms with Crippen molar-refractivity contribution in [3.8, 4) is 5.88 Å². The van der Waals surface area contributed by atoms with Gasteiger partial charge in [-0.15, -0.1) is 5.10 Å². The van der Waals surface area contributed by atoms with E-state index >= 15 is 0 Å². The first-order valence-corrected chi connectivity index (χ1v) is 8.66. The zero-order valence-corrected chi connectivity index (χ0v) is 15.9. The minimum absolute atomic E-state index is 0.00625. The van der Waals surface area contributed by atoms with Crippen LogP contribution in [0.1, 0.15) is 18.2 Å². The van der Waals surface area contributed by atoms with Crippen molar-refractivity contribution in [2.24, 2.45) is 13.0 Å². The molecule has 2 aromatic rings. The van der Waals surface area contributed by atoms with E-state index in [2.05, 4.69) is 36.0 Å². The molecule has 1 aliphatic rings. The molecule has 1 saturated heterocycles. The monoisotopic (exact) mass is 345 g/mol. The molecule has 0 N–H and O–H groups in total. The number of pyridine rings is 1. The fourth-order valence-corrected chi connectivity index (χ4v) is 3.70. The van der Waals surface area contributed by atoms with Crippen LogP contribution in [-0.4, -0.2) is 70.3 Å². The van der Waals surface area contributed by atoms with E-state index in [4.69, 9.17) is 4.74 Å². The molecule has 0 bridgehead atoms. The fraction of sp³-hybridized carbons (Fsp3) is 0.611. The van der Waals surface area contributed by atoms with Gasteiger partial charge in [0, 0.05) is 31.9 Å². The van der Waals surface area contributed by atoms with Crippen molar-refractivity contribution in [1.82, 2.24) is 24.6 Å². The van der Waals surface area contributed by atoms with Gasteiger partial charge in [0.25, 0.3) is 5.91 Å². The smallest absolute Gasteiger partial charge is 0.260 e. The van der Waals surface area contributed by atoms with Gasteiger partial charge in [0.15, 0.2) is 12.3 Å². The molecule has 2 aromatic heterocycles. The number of hydrogen-bond acceptors (Lipinski definition) is 5. The highest BCUT2D eigenvalue weighted by molar-refractivity contribution is 5.85. The summed E-state index contributed by atoms with van der Waals surface area (Å²) >= 11 is 0. The Balaban J connectivity index is 1.72. The number of nitrogens with zero attached hydrogens (tertiary/aromatic N) is 5. The second-order valence-electron chi connectivity index (χ2n) is 7.30. The third kappa shape index (κ3) is 3.33. The van der Waals surface area contributed by atoms with Crippen molar-refractivity contribution in [2.75, 3.05) is 33.8 Å². The zero-order valence-electron chi connectivity index (χ0n) is 15.9. The topological polar surface area (TPSA) is 63.5 Å². The molecule has 25 heavy (non-hydrogen) atoms. The van der Waals surface area contributed by atoms with E-state index in [-0.39, 0.29) is 12.5 Å². The average Bonchev–Trinajstić information content (AvgIpc) is 3.06. The molecule has 0 spiro atoms. The lowest BCUT2D eigenvalue weighted by molar-refractivity contribution is -0.132. The molecule has 1 aliphatic heterocycles. The molecule has 1 fully saturated rings. The zero-order chi connectivity index (χ0) is 18.3. The summed E-state index contributed by atoms with van der Waals surface area (Å²) in [5.41, 5.74) is 2.78. The summed E-state index contributed by atoms with van der Waals surface area (Å²) in [6, 6.07) is 2.40. The Morgan fingerprint density at radius 3 is 2.72 bits per heavy atom. The predicted octanol–water partition coefficient (Wildman–Crippen LogP) is 1.37. The van der Waals surface area contributed by atoms with Gasteiger partial charge in [-0.1, -0.05) is 6.92 Å². The highest BCUT2D eigenvalue weighted by Gasteiger charge is 2.33. The molecule has 0 aliphatic carbocycles. The summed E-state index contributed by atoms with van der Waals surface area (Å²) in [7, 11) is 5.96. The van der Waals surface area contributed by atoms with E-state index in [0.717, 1.165) is 35.4 Å². The summed E-state index contributed by atoms with van der Waals surface area (Å²) in [6.07, 6.45) is 0. The average molecular weight is 345 g/mol. The van der Waals surface area contributed by atoms with Crippen LogP contribution in [0.2, 0.25) is 0 Å². The number of fused-ring (bicyclic) bond motifs is 1. The molecule has 3 heterocycles. The number of hydrogen-bond donors (Lipinski definition) is 0. The Morgan fingerprint density at radius 2 is 2.08 bits per heavy atom. The summed E-state index contributed by atoms with van der Waals surface area (Å²) in [5, 5.41) is 5.28. The SMILES string of the molecule is Cc1cc(C)c2c(OCC(=O)N3C[C@@H](C)[C@H](N(C)C)C3)nn(C)c2n1. The van der Waals surface area contributed by atoms with Gasteiger partial charge in [-0.25, -0.2) is 9.67 Å². The van der Waals surface area contributed by atoms with Gasteiger partial charge in [-0.05, 0) is 45.5 Å². The maximum absolute atomic E-state index is 12.5. The van der Waals surface area contributed by atoms with E-state index in [0.29, 0.717) is 17.8 Å². The molecular formula is C18H27N5O2. The largest absolute Gasteiger partial charge is 0.466 e. The van der Waals surface area contributed by atoms with Gasteiger partial charge in [-0.3, -0.25) is 4.79 Å². The summed E-state index contributed by atoms with van der Waals surface area (Å²) in [6.45, 7) is 7.68. The second-order valence-corrected chi connectivity index (χ2v) is 7.30. The molecule has 7 nitrogen and oxygen atoms in total. The lowest BCUT2D eigenvalue weighted by Gasteiger charge is -2.22. The normalized spacial score (nSPS) is 20.7. The third-order valence-electron chi connectivity index (χ3n) is 5.01. The molecule has 0 aromatic carbocycles. The van der Waals surface area contributed by atoms with Crippen molar-refractivity contribution in [3.63, 3.8) is 0 Å². The number of aromatic nitrogens is 3. The minimum atomic E-state index is 0.00625. The summed E-state index contributed by atoms with van der Waals surface area (Å²) < 4.78 is 7.49. The number of likely N-dealkylation sites (N-methyl/N-ethyl adjacent to an activating group) is 1.